The summed E-state index contributed by atoms with van der Waals surface area (Å²) in [5, 5.41) is 0. The Labute approximate surface area is 141 Å². The highest BCUT2D eigenvalue weighted by Crippen LogP contribution is 2.36. The number of halogens is 2. The van der Waals surface area contributed by atoms with Crippen LogP contribution >= 0.6 is 31.9 Å². The monoisotopic (exact) mass is 413 g/mol. The van der Waals surface area contributed by atoms with Crippen LogP contribution in [-0.4, -0.2) is 13.7 Å². The lowest BCUT2D eigenvalue weighted by Crippen LogP contribution is -2.14. The summed E-state index contributed by atoms with van der Waals surface area (Å²) in [7, 11) is 1.64. The molecule has 0 saturated heterocycles. The van der Waals surface area contributed by atoms with E-state index >= 15 is 0 Å². The molecule has 2 aromatic carbocycles. The number of nitrogens with two attached hydrogens (primary N) is 1. The molecule has 2 aromatic rings. The Morgan fingerprint density at radius 2 is 1.67 bits per heavy atom. The number of rotatable bonds is 5. The summed E-state index contributed by atoms with van der Waals surface area (Å²) in [4.78, 5) is 0. The lowest BCUT2D eigenvalue weighted by Gasteiger charge is -2.19. The van der Waals surface area contributed by atoms with Crippen LogP contribution in [0.3, 0.4) is 0 Å². The van der Waals surface area contributed by atoms with Crippen LogP contribution in [0.4, 0.5) is 0 Å². The second-order valence-corrected chi connectivity index (χ2v) is 6.31. The molecule has 0 aliphatic carbocycles. The molecule has 3 nitrogen and oxygen atoms in total. The Kier molecular flexibility index (Phi) is 5.67. The molecule has 21 heavy (non-hydrogen) atoms. The van der Waals surface area contributed by atoms with Gasteiger partial charge in [-0.1, -0.05) is 37.9 Å². The average molecular weight is 415 g/mol. The minimum atomic E-state index is -0.327. The van der Waals surface area contributed by atoms with Crippen LogP contribution in [0.5, 0.6) is 11.5 Å². The number of ether oxygens (including phenoxy) is 2. The number of hydrogen-bond acceptors (Lipinski definition) is 3. The van der Waals surface area contributed by atoms with E-state index in [0.717, 1.165) is 31.6 Å². The summed E-state index contributed by atoms with van der Waals surface area (Å²) < 4.78 is 13.0. The molecule has 0 spiro atoms. The fourth-order valence-electron chi connectivity index (χ4n) is 2.16. The van der Waals surface area contributed by atoms with E-state index in [2.05, 4.69) is 31.9 Å². The lowest BCUT2D eigenvalue weighted by atomic mass is 9.98. The van der Waals surface area contributed by atoms with Gasteiger partial charge in [0.05, 0.1) is 19.8 Å². The van der Waals surface area contributed by atoms with E-state index in [1.165, 1.54) is 0 Å². The van der Waals surface area contributed by atoms with E-state index in [1.54, 1.807) is 7.11 Å². The van der Waals surface area contributed by atoms with Gasteiger partial charge in [0.25, 0.3) is 0 Å². The zero-order chi connectivity index (χ0) is 15.4. The molecule has 1 unspecified atom stereocenters. The molecule has 0 amide bonds. The minimum absolute atomic E-state index is 0.327. The first-order chi connectivity index (χ1) is 10.1. The minimum Gasteiger partial charge on any atom is -0.496 e. The first kappa shape index (κ1) is 16.3. The normalized spacial score (nSPS) is 12.0. The highest BCUT2D eigenvalue weighted by molar-refractivity contribution is 9.10. The summed E-state index contributed by atoms with van der Waals surface area (Å²) in [5.74, 6) is 1.54. The van der Waals surface area contributed by atoms with E-state index in [-0.39, 0.29) is 6.04 Å². The zero-order valence-electron chi connectivity index (χ0n) is 11.9. The maximum absolute atomic E-state index is 6.45. The van der Waals surface area contributed by atoms with Crippen LogP contribution in [0.25, 0.3) is 0 Å². The Balaban J connectivity index is 2.48. The van der Waals surface area contributed by atoms with Crippen LogP contribution in [0.1, 0.15) is 24.1 Å². The summed E-state index contributed by atoms with van der Waals surface area (Å²) in [6, 6.07) is 11.4. The lowest BCUT2D eigenvalue weighted by molar-refractivity contribution is 0.335. The molecule has 112 valence electrons. The smallest absolute Gasteiger partial charge is 0.125 e. The Hall–Kier alpha value is -1.04. The third-order valence-corrected chi connectivity index (χ3v) is 4.12. The standard InChI is InChI=1S/C16H17Br2NO2/c1-3-21-14-7-5-10(17)8-13(14)16(19)12-6-4-11(18)9-15(12)20-2/h4-9,16H,3,19H2,1-2H3. The Morgan fingerprint density at radius 3 is 2.33 bits per heavy atom. The molecule has 0 saturated carbocycles. The predicted molar refractivity (Wildman–Crippen MR) is 92.0 cm³/mol. The fraction of sp³-hybridized carbons (Fsp3) is 0.250. The summed E-state index contributed by atoms with van der Waals surface area (Å²) in [6.07, 6.45) is 0. The molecular weight excluding hydrogens is 398 g/mol. The molecule has 5 heteroatoms. The third kappa shape index (κ3) is 3.78. The van der Waals surface area contributed by atoms with Crippen molar-refractivity contribution in [3.8, 4) is 11.5 Å². The van der Waals surface area contributed by atoms with Gasteiger partial charge >= 0.3 is 0 Å². The van der Waals surface area contributed by atoms with Gasteiger partial charge in [-0.3, -0.25) is 0 Å². The largest absolute Gasteiger partial charge is 0.496 e. The molecule has 2 N–H and O–H groups in total. The molecule has 0 aromatic heterocycles. The third-order valence-electron chi connectivity index (χ3n) is 3.14. The Morgan fingerprint density at radius 1 is 1.00 bits per heavy atom. The number of hydrogen-bond donors (Lipinski definition) is 1. The molecule has 0 bridgehead atoms. The van der Waals surface area contributed by atoms with Gasteiger partial charge in [0.1, 0.15) is 11.5 Å². The van der Waals surface area contributed by atoms with Crippen molar-refractivity contribution in [3.05, 3.63) is 56.5 Å². The first-order valence-electron chi connectivity index (χ1n) is 6.58. The van der Waals surface area contributed by atoms with Gasteiger partial charge in [-0.25, -0.2) is 0 Å². The molecular formula is C16H17Br2NO2. The molecule has 0 fully saturated rings. The summed E-state index contributed by atoms with van der Waals surface area (Å²) in [5.41, 5.74) is 8.29. The molecule has 0 heterocycles. The molecule has 1 atom stereocenters. The van der Waals surface area contributed by atoms with Gasteiger partial charge < -0.3 is 15.2 Å². The Bertz CT molecular complexity index is 632. The van der Waals surface area contributed by atoms with Gasteiger partial charge in [-0.15, -0.1) is 0 Å². The zero-order valence-corrected chi connectivity index (χ0v) is 15.1. The van der Waals surface area contributed by atoms with Crippen LogP contribution < -0.4 is 15.2 Å². The number of benzene rings is 2. The van der Waals surface area contributed by atoms with Crippen molar-refractivity contribution in [3.63, 3.8) is 0 Å². The average Bonchev–Trinajstić information content (AvgIpc) is 2.48. The molecule has 0 aliphatic rings. The van der Waals surface area contributed by atoms with Crippen molar-refractivity contribution >= 4 is 31.9 Å². The van der Waals surface area contributed by atoms with Gasteiger partial charge in [0.2, 0.25) is 0 Å². The SMILES string of the molecule is CCOc1ccc(Br)cc1C(N)c1ccc(Br)cc1OC. The van der Waals surface area contributed by atoms with Crippen LogP contribution in [0.2, 0.25) is 0 Å². The first-order valence-corrected chi connectivity index (χ1v) is 8.16. The van der Waals surface area contributed by atoms with Crippen molar-refractivity contribution < 1.29 is 9.47 Å². The van der Waals surface area contributed by atoms with Gasteiger partial charge in [0.15, 0.2) is 0 Å². The van der Waals surface area contributed by atoms with E-state index in [9.17, 15) is 0 Å². The second kappa shape index (κ2) is 7.29. The number of methoxy groups -OCH3 is 1. The summed E-state index contributed by atoms with van der Waals surface area (Å²) in [6.45, 7) is 2.55. The molecule has 0 radical (unpaired) electrons. The maximum Gasteiger partial charge on any atom is 0.125 e. The van der Waals surface area contributed by atoms with E-state index in [0.29, 0.717) is 6.61 Å². The molecule has 2 rings (SSSR count). The fourth-order valence-corrected chi connectivity index (χ4v) is 2.88. The van der Waals surface area contributed by atoms with Crippen LogP contribution in [0.15, 0.2) is 45.3 Å². The maximum atomic E-state index is 6.45. The molecule has 0 aliphatic heterocycles. The highest BCUT2D eigenvalue weighted by Gasteiger charge is 2.18. The quantitative estimate of drug-likeness (QED) is 0.773. The van der Waals surface area contributed by atoms with Gasteiger partial charge in [-0.05, 0) is 37.3 Å². The van der Waals surface area contributed by atoms with E-state index in [1.807, 2.05) is 43.3 Å². The van der Waals surface area contributed by atoms with Crippen molar-refractivity contribution in [1.82, 2.24) is 0 Å². The van der Waals surface area contributed by atoms with Crippen LogP contribution in [0, 0.1) is 0 Å². The highest BCUT2D eigenvalue weighted by atomic mass is 79.9. The van der Waals surface area contributed by atoms with Gasteiger partial charge in [0, 0.05) is 20.1 Å². The van der Waals surface area contributed by atoms with Crippen molar-refractivity contribution in [1.29, 1.82) is 0 Å². The van der Waals surface area contributed by atoms with E-state index < -0.39 is 0 Å². The van der Waals surface area contributed by atoms with Crippen molar-refractivity contribution in [2.45, 2.75) is 13.0 Å². The van der Waals surface area contributed by atoms with E-state index in [4.69, 9.17) is 15.2 Å². The predicted octanol–water partition coefficient (Wildman–Crippen LogP) is 4.67. The topological polar surface area (TPSA) is 44.5 Å². The summed E-state index contributed by atoms with van der Waals surface area (Å²) >= 11 is 6.93. The van der Waals surface area contributed by atoms with Crippen molar-refractivity contribution in [2.24, 2.45) is 5.73 Å². The van der Waals surface area contributed by atoms with Gasteiger partial charge in [-0.2, -0.15) is 0 Å². The van der Waals surface area contributed by atoms with Crippen molar-refractivity contribution in [2.75, 3.05) is 13.7 Å². The second-order valence-electron chi connectivity index (χ2n) is 4.48. The van der Waals surface area contributed by atoms with Crippen LogP contribution in [-0.2, 0) is 0 Å².